The Morgan fingerprint density at radius 1 is 0.842 bits per heavy atom. The average molecular weight is 513 g/mol. The van der Waals surface area contributed by atoms with E-state index in [1.165, 1.54) is 0 Å². The molecule has 0 aliphatic heterocycles. The fourth-order valence-electron chi connectivity index (χ4n) is 4.16. The third-order valence-electron chi connectivity index (χ3n) is 5.67. The van der Waals surface area contributed by atoms with Crippen molar-refractivity contribution in [3.8, 4) is 11.8 Å². The summed E-state index contributed by atoms with van der Waals surface area (Å²) in [4.78, 5) is 12.4. The minimum absolute atomic E-state index is 0.0547. The predicted molar refractivity (Wildman–Crippen MR) is 150 cm³/mol. The number of hydrogen-bond acceptors (Lipinski definition) is 7. The van der Waals surface area contributed by atoms with Crippen molar-refractivity contribution in [2.24, 2.45) is 21.1 Å². The van der Waals surface area contributed by atoms with Crippen molar-refractivity contribution in [1.82, 2.24) is 0 Å². The zero-order valence-corrected chi connectivity index (χ0v) is 22.8. The number of nitrogens with zero attached hydrogens (tertiary/aromatic N) is 3. The van der Waals surface area contributed by atoms with Gasteiger partial charge in [-0.1, -0.05) is 32.9 Å². The number of nitrogens with one attached hydrogen (secondary N) is 1. The molecule has 0 bridgehead atoms. The molecule has 3 rings (SSSR count). The number of rotatable bonds is 11. The van der Waals surface area contributed by atoms with Gasteiger partial charge in [-0.05, 0) is 91.9 Å². The number of azo groups is 1. The first-order chi connectivity index (χ1) is 18.0. The summed E-state index contributed by atoms with van der Waals surface area (Å²) >= 11 is 0. The fraction of sp³-hybridized carbons (Fsp3) is 0.355. The zero-order valence-electron chi connectivity index (χ0n) is 22.8. The van der Waals surface area contributed by atoms with Gasteiger partial charge in [-0.2, -0.15) is 15.5 Å². The molecular weight excluding hydrogens is 476 g/mol. The largest absolute Gasteiger partial charge is 0.490 e. The zero-order chi connectivity index (χ0) is 27.6. The first-order valence-electron chi connectivity index (χ1n) is 12.7. The Balaban J connectivity index is 1.39. The molecule has 0 aliphatic carbocycles. The Kier molecular flexibility index (Phi) is 9.61. The van der Waals surface area contributed by atoms with Crippen LogP contribution < -0.4 is 10.1 Å². The van der Waals surface area contributed by atoms with Crippen LogP contribution in [0.5, 0.6) is 5.75 Å². The van der Waals surface area contributed by atoms with Crippen molar-refractivity contribution >= 4 is 23.0 Å². The average Bonchev–Trinajstić information content (AvgIpc) is 2.89. The Labute approximate surface area is 225 Å². The fourth-order valence-corrected chi connectivity index (χ4v) is 4.16. The van der Waals surface area contributed by atoms with Crippen molar-refractivity contribution in [1.29, 1.82) is 5.26 Å². The van der Waals surface area contributed by atoms with Crippen LogP contribution in [0.1, 0.15) is 52.2 Å². The maximum absolute atomic E-state index is 12.4. The molecule has 0 fully saturated rings. The second kappa shape index (κ2) is 12.9. The SMILES string of the molecule is CC(C)(C)CC(C)(C)C(=O)OCCOc1ccc(CNc2ccc(N=Nc3ccc(C#N)cc3)cc2)cc1. The van der Waals surface area contributed by atoms with E-state index >= 15 is 0 Å². The summed E-state index contributed by atoms with van der Waals surface area (Å²) in [7, 11) is 0. The molecular formula is C31H36N4O3. The summed E-state index contributed by atoms with van der Waals surface area (Å²) in [5, 5.41) is 20.7. The maximum atomic E-state index is 12.4. The maximum Gasteiger partial charge on any atom is 0.311 e. The molecule has 0 radical (unpaired) electrons. The Bertz CT molecular complexity index is 1250. The smallest absolute Gasteiger partial charge is 0.311 e. The summed E-state index contributed by atoms with van der Waals surface area (Å²) < 4.78 is 11.2. The highest BCUT2D eigenvalue weighted by Crippen LogP contribution is 2.34. The lowest BCUT2D eigenvalue weighted by Gasteiger charge is -2.30. The summed E-state index contributed by atoms with van der Waals surface area (Å²) in [6.45, 7) is 11.4. The molecule has 0 saturated heterocycles. The van der Waals surface area contributed by atoms with Gasteiger partial charge >= 0.3 is 5.97 Å². The second-order valence-corrected chi connectivity index (χ2v) is 11.0. The summed E-state index contributed by atoms with van der Waals surface area (Å²) in [6, 6.07) is 24.6. The van der Waals surface area contributed by atoms with Crippen LogP contribution in [0.25, 0.3) is 0 Å². The minimum atomic E-state index is -0.524. The monoisotopic (exact) mass is 512 g/mol. The van der Waals surface area contributed by atoms with Crippen molar-refractivity contribution in [3.63, 3.8) is 0 Å². The van der Waals surface area contributed by atoms with Crippen LogP contribution in [0.4, 0.5) is 17.1 Å². The van der Waals surface area contributed by atoms with Crippen molar-refractivity contribution in [2.45, 2.75) is 47.6 Å². The van der Waals surface area contributed by atoms with Crippen molar-refractivity contribution in [3.05, 3.63) is 83.9 Å². The number of carbonyl (C=O) groups excluding carboxylic acids is 1. The Morgan fingerprint density at radius 3 is 1.97 bits per heavy atom. The quantitative estimate of drug-likeness (QED) is 0.160. The number of esters is 1. The lowest BCUT2D eigenvalue weighted by Crippen LogP contribution is -2.32. The van der Waals surface area contributed by atoms with E-state index in [9.17, 15) is 4.79 Å². The second-order valence-electron chi connectivity index (χ2n) is 11.0. The van der Waals surface area contributed by atoms with Gasteiger partial charge in [-0.15, -0.1) is 0 Å². The van der Waals surface area contributed by atoms with Gasteiger partial charge in [0.1, 0.15) is 19.0 Å². The van der Waals surface area contributed by atoms with E-state index in [-0.39, 0.29) is 18.0 Å². The van der Waals surface area contributed by atoms with Crippen LogP contribution in [0.15, 0.2) is 83.0 Å². The first-order valence-corrected chi connectivity index (χ1v) is 12.7. The van der Waals surface area contributed by atoms with Crippen LogP contribution in [0, 0.1) is 22.2 Å². The Morgan fingerprint density at radius 2 is 1.42 bits per heavy atom. The molecule has 0 saturated carbocycles. The summed E-state index contributed by atoms with van der Waals surface area (Å²) in [6.07, 6.45) is 0.754. The predicted octanol–water partition coefficient (Wildman–Crippen LogP) is 7.97. The molecule has 3 aromatic carbocycles. The number of anilines is 1. The van der Waals surface area contributed by atoms with Crippen molar-refractivity contribution < 1.29 is 14.3 Å². The summed E-state index contributed by atoms with van der Waals surface area (Å²) in [5.74, 6) is 0.538. The van der Waals surface area contributed by atoms with Crippen LogP contribution >= 0.6 is 0 Å². The van der Waals surface area contributed by atoms with Gasteiger partial charge in [-0.25, -0.2) is 0 Å². The lowest BCUT2D eigenvalue weighted by atomic mass is 9.76. The first kappa shape index (κ1) is 28.4. The number of nitriles is 1. The normalized spacial score (nSPS) is 11.7. The molecule has 0 amide bonds. The molecule has 0 unspecified atom stereocenters. The highest BCUT2D eigenvalue weighted by atomic mass is 16.6. The van der Waals surface area contributed by atoms with Gasteiger partial charge < -0.3 is 14.8 Å². The van der Waals surface area contributed by atoms with Crippen LogP contribution in [0.3, 0.4) is 0 Å². The van der Waals surface area contributed by atoms with Gasteiger partial charge in [0.25, 0.3) is 0 Å². The number of ether oxygens (including phenoxy) is 2. The molecule has 198 valence electrons. The molecule has 7 heteroatoms. The van der Waals surface area contributed by atoms with Crippen molar-refractivity contribution in [2.75, 3.05) is 18.5 Å². The summed E-state index contributed by atoms with van der Waals surface area (Å²) in [5.41, 5.74) is 3.64. The number of hydrogen-bond donors (Lipinski definition) is 1. The molecule has 38 heavy (non-hydrogen) atoms. The van der Waals surface area contributed by atoms with Gasteiger partial charge in [0.2, 0.25) is 0 Å². The Hall–Kier alpha value is -4.18. The van der Waals surface area contributed by atoms with Gasteiger partial charge in [0, 0.05) is 12.2 Å². The van der Waals surface area contributed by atoms with Crippen LogP contribution in [0.2, 0.25) is 0 Å². The molecule has 3 aromatic rings. The van der Waals surface area contributed by atoms with E-state index in [1.807, 2.05) is 62.4 Å². The van der Waals surface area contributed by atoms with Gasteiger partial charge in [0.05, 0.1) is 28.4 Å². The molecule has 0 aromatic heterocycles. The third kappa shape index (κ3) is 9.36. The molecule has 0 aliphatic rings. The molecule has 0 atom stereocenters. The standard InChI is InChI=1S/C31H36N4O3/c1-30(2,3)22-31(4,5)29(36)38-19-18-37-28-16-8-24(9-17-28)21-33-25-12-14-27(15-13-25)35-34-26-10-6-23(20-32)7-11-26/h6-17,33H,18-19,21-22H2,1-5H3. The number of carbonyl (C=O) groups is 1. The van der Waals surface area contributed by atoms with Crippen LogP contribution in [-0.2, 0) is 16.1 Å². The molecule has 0 spiro atoms. The number of benzene rings is 3. The highest BCUT2D eigenvalue weighted by molar-refractivity contribution is 5.75. The van der Waals surface area contributed by atoms with E-state index in [1.54, 1.807) is 24.3 Å². The third-order valence-corrected chi connectivity index (χ3v) is 5.67. The topological polar surface area (TPSA) is 96.1 Å². The van der Waals surface area contributed by atoms with E-state index in [0.717, 1.165) is 29.1 Å². The van der Waals surface area contributed by atoms with E-state index in [0.29, 0.717) is 24.4 Å². The molecule has 0 heterocycles. The van der Waals surface area contributed by atoms with E-state index in [2.05, 4.69) is 42.4 Å². The van der Waals surface area contributed by atoms with Crippen LogP contribution in [-0.4, -0.2) is 19.2 Å². The molecule has 1 N–H and O–H groups in total. The minimum Gasteiger partial charge on any atom is -0.490 e. The highest BCUT2D eigenvalue weighted by Gasteiger charge is 2.33. The van der Waals surface area contributed by atoms with E-state index < -0.39 is 5.41 Å². The van der Waals surface area contributed by atoms with Gasteiger partial charge in [0.15, 0.2) is 0 Å². The lowest BCUT2D eigenvalue weighted by molar-refractivity contribution is -0.156. The van der Waals surface area contributed by atoms with E-state index in [4.69, 9.17) is 14.7 Å². The molecule has 7 nitrogen and oxygen atoms in total. The van der Waals surface area contributed by atoms with Gasteiger partial charge in [-0.3, -0.25) is 4.79 Å².